The molecule has 0 aliphatic heterocycles. The summed E-state index contributed by atoms with van der Waals surface area (Å²) in [6.07, 6.45) is 0. The summed E-state index contributed by atoms with van der Waals surface area (Å²) in [5.74, 6) is 0.552. The summed E-state index contributed by atoms with van der Waals surface area (Å²) in [5.41, 5.74) is 1.74. The fraction of sp³-hybridized carbons (Fsp3) is 0.250. The lowest BCUT2D eigenvalue weighted by molar-refractivity contribution is -0.384. The summed E-state index contributed by atoms with van der Waals surface area (Å²) in [6.45, 7) is 2.42. The summed E-state index contributed by atoms with van der Waals surface area (Å²) in [6, 6.07) is 11.7. The number of aromatic hydroxyl groups is 1. The molecule has 116 valence electrons. The maximum Gasteiger partial charge on any atom is 0.269 e. The standard InChI is InChI=1S/C16H18N2O4/c1-11(12-6-8-14(9-7-12)18(20)21)17-10-13-4-3-5-15(22-2)16(13)19/h3-9,11,17,19H,10H2,1-2H3. The normalized spacial score (nSPS) is 11.9. The number of nitro groups is 1. The molecule has 0 saturated carbocycles. The van der Waals surface area contributed by atoms with Gasteiger partial charge in [0, 0.05) is 30.3 Å². The van der Waals surface area contributed by atoms with Crippen molar-refractivity contribution in [1.82, 2.24) is 5.32 Å². The average Bonchev–Trinajstić information content (AvgIpc) is 2.53. The lowest BCUT2D eigenvalue weighted by Crippen LogP contribution is -2.18. The molecule has 0 spiro atoms. The van der Waals surface area contributed by atoms with E-state index >= 15 is 0 Å². The van der Waals surface area contributed by atoms with Crippen LogP contribution in [0.25, 0.3) is 0 Å². The van der Waals surface area contributed by atoms with E-state index in [1.165, 1.54) is 19.2 Å². The Morgan fingerprint density at radius 3 is 2.55 bits per heavy atom. The largest absolute Gasteiger partial charge is 0.504 e. The molecule has 2 rings (SSSR count). The number of nitro benzene ring substituents is 1. The first-order chi connectivity index (χ1) is 10.5. The maximum absolute atomic E-state index is 10.6. The van der Waals surface area contributed by atoms with E-state index in [1.54, 1.807) is 18.2 Å². The Morgan fingerprint density at radius 1 is 1.27 bits per heavy atom. The van der Waals surface area contributed by atoms with Gasteiger partial charge in [-0.25, -0.2) is 0 Å². The predicted molar refractivity (Wildman–Crippen MR) is 83.0 cm³/mol. The highest BCUT2D eigenvalue weighted by Crippen LogP contribution is 2.29. The van der Waals surface area contributed by atoms with Crippen LogP contribution in [0.15, 0.2) is 42.5 Å². The molecular weight excluding hydrogens is 284 g/mol. The number of non-ortho nitro benzene ring substituents is 1. The third kappa shape index (κ3) is 3.53. The topological polar surface area (TPSA) is 84.6 Å². The van der Waals surface area contributed by atoms with Crippen LogP contribution in [0.5, 0.6) is 11.5 Å². The third-order valence-corrected chi connectivity index (χ3v) is 3.51. The number of hydrogen-bond acceptors (Lipinski definition) is 5. The van der Waals surface area contributed by atoms with Gasteiger partial charge in [-0.2, -0.15) is 0 Å². The minimum absolute atomic E-state index is 0.00796. The van der Waals surface area contributed by atoms with Gasteiger partial charge in [-0.15, -0.1) is 0 Å². The summed E-state index contributed by atoms with van der Waals surface area (Å²) in [5, 5.41) is 23.9. The number of ether oxygens (including phenoxy) is 1. The van der Waals surface area contributed by atoms with E-state index in [-0.39, 0.29) is 17.5 Å². The molecule has 22 heavy (non-hydrogen) atoms. The molecule has 0 aliphatic carbocycles. The van der Waals surface area contributed by atoms with Crippen LogP contribution in [0.1, 0.15) is 24.1 Å². The minimum Gasteiger partial charge on any atom is -0.504 e. The second-order valence-electron chi connectivity index (χ2n) is 4.92. The molecule has 0 heterocycles. The monoisotopic (exact) mass is 302 g/mol. The van der Waals surface area contributed by atoms with Crippen molar-refractivity contribution in [2.24, 2.45) is 0 Å². The molecule has 1 atom stereocenters. The first kappa shape index (κ1) is 15.8. The van der Waals surface area contributed by atoms with Gasteiger partial charge in [0.05, 0.1) is 12.0 Å². The summed E-state index contributed by atoms with van der Waals surface area (Å²) >= 11 is 0. The SMILES string of the molecule is COc1cccc(CNC(C)c2ccc([N+](=O)[O-])cc2)c1O. The molecule has 2 aromatic rings. The lowest BCUT2D eigenvalue weighted by atomic mass is 10.1. The van der Waals surface area contributed by atoms with Crippen molar-refractivity contribution >= 4 is 5.69 Å². The van der Waals surface area contributed by atoms with Gasteiger partial charge >= 0.3 is 0 Å². The number of phenolic OH excluding ortho intramolecular Hbond substituents is 1. The number of methoxy groups -OCH3 is 1. The minimum atomic E-state index is -0.420. The molecule has 0 fully saturated rings. The zero-order chi connectivity index (χ0) is 16.1. The highest BCUT2D eigenvalue weighted by molar-refractivity contribution is 5.45. The predicted octanol–water partition coefficient (Wildman–Crippen LogP) is 3.16. The Labute approximate surface area is 128 Å². The van der Waals surface area contributed by atoms with Gasteiger partial charge in [-0.1, -0.05) is 24.3 Å². The molecule has 1 unspecified atom stereocenters. The molecule has 2 aromatic carbocycles. The molecule has 0 amide bonds. The zero-order valence-electron chi connectivity index (χ0n) is 12.4. The molecular formula is C16H18N2O4. The van der Waals surface area contributed by atoms with Crippen molar-refractivity contribution in [2.75, 3.05) is 7.11 Å². The van der Waals surface area contributed by atoms with Crippen molar-refractivity contribution in [3.63, 3.8) is 0 Å². The highest BCUT2D eigenvalue weighted by atomic mass is 16.6. The number of phenols is 1. The molecule has 6 nitrogen and oxygen atoms in total. The van der Waals surface area contributed by atoms with Crippen molar-refractivity contribution < 1.29 is 14.8 Å². The second-order valence-corrected chi connectivity index (χ2v) is 4.92. The highest BCUT2D eigenvalue weighted by Gasteiger charge is 2.11. The van der Waals surface area contributed by atoms with Crippen LogP contribution in [-0.4, -0.2) is 17.1 Å². The Hall–Kier alpha value is -2.60. The average molecular weight is 302 g/mol. The summed E-state index contributed by atoms with van der Waals surface area (Å²) in [4.78, 5) is 10.2. The number of rotatable bonds is 6. The Bertz CT molecular complexity index is 656. The van der Waals surface area contributed by atoms with Gasteiger partial charge < -0.3 is 15.2 Å². The molecule has 0 aliphatic rings. The fourth-order valence-corrected chi connectivity index (χ4v) is 2.14. The quantitative estimate of drug-likeness (QED) is 0.632. The van der Waals surface area contributed by atoms with Gasteiger partial charge in [-0.3, -0.25) is 10.1 Å². The van der Waals surface area contributed by atoms with Crippen LogP contribution in [0.4, 0.5) is 5.69 Å². The fourth-order valence-electron chi connectivity index (χ4n) is 2.14. The van der Waals surface area contributed by atoms with Gasteiger partial charge in [0.2, 0.25) is 0 Å². The van der Waals surface area contributed by atoms with Crippen LogP contribution in [0, 0.1) is 10.1 Å². The Kier molecular flexibility index (Phi) is 4.95. The number of nitrogens with zero attached hydrogens (tertiary/aromatic N) is 1. The Morgan fingerprint density at radius 2 is 1.95 bits per heavy atom. The number of benzene rings is 2. The van der Waals surface area contributed by atoms with Gasteiger partial charge in [0.25, 0.3) is 5.69 Å². The van der Waals surface area contributed by atoms with Crippen molar-refractivity contribution in [2.45, 2.75) is 19.5 Å². The molecule has 0 radical (unpaired) electrons. The van der Waals surface area contributed by atoms with Crippen LogP contribution >= 0.6 is 0 Å². The van der Waals surface area contributed by atoms with E-state index < -0.39 is 4.92 Å². The van der Waals surface area contributed by atoms with Crippen LogP contribution in [0.2, 0.25) is 0 Å². The smallest absolute Gasteiger partial charge is 0.269 e. The number of para-hydroxylation sites is 1. The molecule has 2 N–H and O–H groups in total. The van der Waals surface area contributed by atoms with E-state index in [9.17, 15) is 15.2 Å². The molecule has 0 bridgehead atoms. The van der Waals surface area contributed by atoms with Crippen LogP contribution < -0.4 is 10.1 Å². The van der Waals surface area contributed by atoms with Crippen LogP contribution in [0.3, 0.4) is 0 Å². The van der Waals surface area contributed by atoms with Crippen molar-refractivity contribution in [1.29, 1.82) is 0 Å². The van der Waals surface area contributed by atoms with E-state index in [1.807, 2.05) is 19.1 Å². The van der Waals surface area contributed by atoms with Gasteiger partial charge in [0.15, 0.2) is 11.5 Å². The second kappa shape index (κ2) is 6.91. The first-order valence-corrected chi connectivity index (χ1v) is 6.85. The third-order valence-electron chi connectivity index (χ3n) is 3.51. The van der Waals surface area contributed by atoms with E-state index in [2.05, 4.69) is 5.32 Å². The zero-order valence-corrected chi connectivity index (χ0v) is 12.4. The molecule has 0 aromatic heterocycles. The molecule has 6 heteroatoms. The summed E-state index contributed by atoms with van der Waals surface area (Å²) in [7, 11) is 1.51. The first-order valence-electron chi connectivity index (χ1n) is 6.85. The lowest BCUT2D eigenvalue weighted by Gasteiger charge is -2.15. The van der Waals surface area contributed by atoms with Gasteiger partial charge in [0.1, 0.15) is 0 Å². The number of nitrogens with one attached hydrogen (secondary N) is 1. The van der Waals surface area contributed by atoms with E-state index in [0.717, 1.165) is 11.1 Å². The van der Waals surface area contributed by atoms with Crippen LogP contribution in [-0.2, 0) is 6.54 Å². The van der Waals surface area contributed by atoms with Gasteiger partial charge in [-0.05, 0) is 18.6 Å². The van der Waals surface area contributed by atoms with E-state index in [4.69, 9.17) is 4.74 Å². The maximum atomic E-state index is 10.6. The summed E-state index contributed by atoms with van der Waals surface area (Å²) < 4.78 is 5.07. The van der Waals surface area contributed by atoms with E-state index in [0.29, 0.717) is 12.3 Å². The van der Waals surface area contributed by atoms with Crippen molar-refractivity contribution in [3.05, 3.63) is 63.7 Å². The van der Waals surface area contributed by atoms with Crippen molar-refractivity contribution in [3.8, 4) is 11.5 Å². The Balaban J connectivity index is 2.03. The number of hydrogen-bond donors (Lipinski definition) is 2. The molecule has 0 saturated heterocycles.